The van der Waals surface area contributed by atoms with Crippen molar-refractivity contribution < 1.29 is 45.0 Å². The average Bonchev–Trinajstić information content (AvgIpc) is 3.59. The molecule has 5 nitrogen and oxygen atoms in total. The van der Waals surface area contributed by atoms with Gasteiger partial charge in [-0.05, 0) is 86.5 Å². The summed E-state index contributed by atoms with van der Waals surface area (Å²) >= 11 is 0. The smallest absolute Gasteiger partial charge is 0.378 e. The molecule has 0 bridgehead atoms. The summed E-state index contributed by atoms with van der Waals surface area (Å²) in [5.41, 5.74) is -2.23. The number of alkyl halides is 6. The molecule has 2 aromatic carbocycles. The van der Waals surface area contributed by atoms with Gasteiger partial charge >= 0.3 is 12.4 Å². The topological polar surface area (TPSA) is 42.0 Å². The number of carbonyl (C=O) groups excluding carboxylic acids is 1. The molecule has 5 atom stereocenters. The summed E-state index contributed by atoms with van der Waals surface area (Å²) in [6.45, 7) is 4.84. The second-order valence-corrected chi connectivity index (χ2v) is 11.7. The van der Waals surface area contributed by atoms with Crippen LogP contribution in [0.1, 0.15) is 66.9 Å². The van der Waals surface area contributed by atoms with Crippen LogP contribution in [-0.2, 0) is 26.6 Å². The Morgan fingerprint density at radius 2 is 1.56 bits per heavy atom. The maximum atomic E-state index is 13.8. The quantitative estimate of drug-likeness (QED) is 0.320. The molecule has 3 unspecified atom stereocenters. The number of hydrogen-bond donors (Lipinski definition) is 0. The number of likely N-dealkylation sites (tertiary alicyclic amines) is 1. The predicted molar refractivity (Wildman–Crippen MR) is 144 cm³/mol. The van der Waals surface area contributed by atoms with Gasteiger partial charge in [-0.1, -0.05) is 12.1 Å². The van der Waals surface area contributed by atoms with Crippen molar-refractivity contribution in [2.75, 3.05) is 39.4 Å². The van der Waals surface area contributed by atoms with Gasteiger partial charge in [0.1, 0.15) is 5.82 Å². The molecular formula is C31H35F7N2O3. The first-order chi connectivity index (χ1) is 20.3. The SMILES string of the molecule is C[C@H](OC1CCC(CN2CCC[C@@H]2C(=O)N2CCOCC2)C1c1ccc(F)cc1)c1cc(C(F)(F)F)cc(C(F)(F)F)c1. The lowest BCUT2D eigenvalue weighted by Crippen LogP contribution is -2.50. The van der Waals surface area contributed by atoms with Crippen molar-refractivity contribution >= 4 is 5.91 Å². The Hall–Kier alpha value is -2.70. The molecule has 2 aromatic rings. The number of amides is 1. The standard InChI is InChI=1S/C31H35F7N2O3/c1-19(22-15-23(30(33,34)35)17-24(16-22)31(36,37)38)43-27-9-6-21(28(27)20-4-7-25(32)8-5-20)18-40-10-2-3-26(40)29(41)39-11-13-42-14-12-39/h4-5,7-8,15-17,19,21,26-28H,2-3,6,9-14,18H2,1H3/t19-,21?,26+,27?,28?/m0/s1. The molecule has 3 fully saturated rings. The van der Waals surface area contributed by atoms with Crippen molar-refractivity contribution in [1.82, 2.24) is 9.80 Å². The molecule has 2 aliphatic heterocycles. The van der Waals surface area contributed by atoms with Gasteiger partial charge in [-0.2, -0.15) is 26.3 Å². The summed E-state index contributed by atoms with van der Waals surface area (Å²) in [6.07, 6.45) is -8.75. The van der Waals surface area contributed by atoms with Crippen LogP contribution in [0.4, 0.5) is 30.7 Å². The highest BCUT2D eigenvalue weighted by Crippen LogP contribution is 2.45. The largest absolute Gasteiger partial charge is 0.416 e. The normalized spacial score (nSPS) is 26.2. The molecule has 1 saturated carbocycles. The monoisotopic (exact) mass is 616 g/mol. The number of rotatable bonds is 7. The molecule has 43 heavy (non-hydrogen) atoms. The minimum absolute atomic E-state index is 0.0204. The van der Waals surface area contributed by atoms with E-state index in [0.717, 1.165) is 24.9 Å². The fourth-order valence-electron chi connectivity index (χ4n) is 6.74. The lowest BCUT2D eigenvalue weighted by Gasteiger charge is -2.35. The molecule has 5 rings (SSSR count). The van der Waals surface area contributed by atoms with Gasteiger partial charge in [0.15, 0.2) is 0 Å². The van der Waals surface area contributed by atoms with Crippen LogP contribution in [0.25, 0.3) is 0 Å². The average molecular weight is 617 g/mol. The minimum Gasteiger partial charge on any atom is -0.378 e. The third-order valence-electron chi connectivity index (χ3n) is 8.88. The summed E-state index contributed by atoms with van der Waals surface area (Å²) in [5.74, 6) is -0.671. The van der Waals surface area contributed by atoms with Crippen LogP contribution in [0.5, 0.6) is 0 Å². The van der Waals surface area contributed by atoms with Crippen LogP contribution >= 0.6 is 0 Å². The van der Waals surface area contributed by atoms with E-state index in [9.17, 15) is 35.5 Å². The zero-order chi connectivity index (χ0) is 30.9. The van der Waals surface area contributed by atoms with Gasteiger partial charge < -0.3 is 14.4 Å². The molecule has 12 heteroatoms. The number of nitrogens with zero attached hydrogens (tertiary/aromatic N) is 2. The van der Waals surface area contributed by atoms with Gasteiger partial charge in [0.25, 0.3) is 0 Å². The summed E-state index contributed by atoms with van der Waals surface area (Å²) < 4.78 is 106. The fraction of sp³-hybridized carbons (Fsp3) is 0.581. The second-order valence-electron chi connectivity index (χ2n) is 11.7. The Bertz CT molecular complexity index is 1230. The van der Waals surface area contributed by atoms with Crippen molar-refractivity contribution in [3.8, 4) is 0 Å². The Morgan fingerprint density at radius 1 is 0.930 bits per heavy atom. The van der Waals surface area contributed by atoms with Gasteiger partial charge in [-0.3, -0.25) is 9.69 Å². The first-order valence-corrected chi connectivity index (χ1v) is 14.6. The van der Waals surface area contributed by atoms with E-state index in [2.05, 4.69) is 4.90 Å². The van der Waals surface area contributed by atoms with Crippen molar-refractivity contribution in [2.24, 2.45) is 5.92 Å². The fourth-order valence-corrected chi connectivity index (χ4v) is 6.74. The van der Waals surface area contributed by atoms with E-state index in [1.165, 1.54) is 19.1 Å². The summed E-state index contributed by atoms with van der Waals surface area (Å²) in [5, 5.41) is 0. The number of carbonyl (C=O) groups is 1. The first kappa shape index (κ1) is 31.7. The third-order valence-corrected chi connectivity index (χ3v) is 8.88. The summed E-state index contributed by atoms with van der Waals surface area (Å²) in [4.78, 5) is 17.3. The van der Waals surface area contributed by atoms with Gasteiger partial charge in [0.2, 0.25) is 5.91 Å². The van der Waals surface area contributed by atoms with Crippen LogP contribution in [-0.4, -0.2) is 67.2 Å². The van der Waals surface area contributed by atoms with E-state index in [1.807, 2.05) is 4.90 Å². The van der Waals surface area contributed by atoms with Crippen LogP contribution in [0.2, 0.25) is 0 Å². The van der Waals surface area contributed by atoms with E-state index < -0.39 is 41.5 Å². The highest BCUT2D eigenvalue weighted by molar-refractivity contribution is 5.82. The van der Waals surface area contributed by atoms with Gasteiger partial charge in [-0.15, -0.1) is 0 Å². The van der Waals surface area contributed by atoms with Crippen molar-refractivity contribution in [3.05, 3.63) is 70.5 Å². The number of benzene rings is 2. The molecule has 0 spiro atoms. The maximum Gasteiger partial charge on any atom is 0.416 e. The van der Waals surface area contributed by atoms with Crippen LogP contribution in [0.15, 0.2) is 42.5 Å². The molecular weight excluding hydrogens is 581 g/mol. The Morgan fingerprint density at radius 3 is 2.16 bits per heavy atom. The predicted octanol–water partition coefficient (Wildman–Crippen LogP) is 6.83. The summed E-state index contributed by atoms with van der Waals surface area (Å²) in [7, 11) is 0. The van der Waals surface area contributed by atoms with Crippen molar-refractivity contribution in [3.63, 3.8) is 0 Å². The van der Waals surface area contributed by atoms with Crippen molar-refractivity contribution in [1.29, 1.82) is 0 Å². The molecule has 0 radical (unpaired) electrons. The van der Waals surface area contributed by atoms with Crippen molar-refractivity contribution in [2.45, 2.75) is 69.1 Å². The van der Waals surface area contributed by atoms with E-state index in [0.29, 0.717) is 57.8 Å². The molecule has 0 N–H and O–H groups in total. The zero-order valence-corrected chi connectivity index (χ0v) is 23.8. The molecule has 3 aliphatic rings. The van der Waals surface area contributed by atoms with Crippen LogP contribution < -0.4 is 0 Å². The van der Waals surface area contributed by atoms with E-state index in [4.69, 9.17) is 9.47 Å². The first-order valence-electron chi connectivity index (χ1n) is 14.6. The number of hydrogen-bond acceptors (Lipinski definition) is 4. The third kappa shape index (κ3) is 7.34. The second kappa shape index (κ2) is 12.7. The highest BCUT2D eigenvalue weighted by Gasteiger charge is 2.43. The van der Waals surface area contributed by atoms with Crippen LogP contribution in [0.3, 0.4) is 0 Å². The Balaban J connectivity index is 1.37. The molecule has 1 amide bonds. The van der Waals surface area contributed by atoms with E-state index in [-0.39, 0.29) is 35.4 Å². The molecule has 1 aliphatic carbocycles. The van der Waals surface area contributed by atoms with E-state index in [1.54, 1.807) is 12.1 Å². The minimum atomic E-state index is -4.96. The van der Waals surface area contributed by atoms with Gasteiger partial charge in [0.05, 0.1) is 42.6 Å². The molecule has 0 aromatic heterocycles. The molecule has 2 saturated heterocycles. The van der Waals surface area contributed by atoms with E-state index >= 15 is 0 Å². The zero-order valence-electron chi connectivity index (χ0n) is 23.8. The summed E-state index contributed by atoms with van der Waals surface area (Å²) in [6, 6.07) is 7.18. The van der Waals surface area contributed by atoms with Gasteiger partial charge in [0, 0.05) is 25.6 Å². The Labute approximate surface area is 245 Å². The number of ether oxygens (including phenoxy) is 2. The molecule has 2 heterocycles. The maximum absolute atomic E-state index is 13.8. The molecule has 236 valence electrons. The number of morpholine rings is 1. The van der Waals surface area contributed by atoms with Gasteiger partial charge in [-0.25, -0.2) is 4.39 Å². The lowest BCUT2D eigenvalue weighted by molar-refractivity contribution is -0.143. The Kier molecular flexibility index (Phi) is 9.39. The number of halogens is 7. The van der Waals surface area contributed by atoms with Crippen LogP contribution in [0, 0.1) is 11.7 Å². The lowest BCUT2D eigenvalue weighted by atomic mass is 9.86. The highest BCUT2D eigenvalue weighted by atomic mass is 19.4.